The molecule has 0 radical (unpaired) electrons. The molecule has 1 atom stereocenters. The molecule has 1 amide bonds. The van der Waals surface area contributed by atoms with Gasteiger partial charge in [-0.05, 0) is 38.5 Å². The number of amides is 1. The first kappa shape index (κ1) is 19.6. The number of aromatic nitrogens is 1. The maximum absolute atomic E-state index is 12.7. The third-order valence-corrected chi connectivity index (χ3v) is 7.66. The summed E-state index contributed by atoms with van der Waals surface area (Å²) >= 11 is 1.27. The summed E-state index contributed by atoms with van der Waals surface area (Å²) in [5.74, 6) is 0.964. The minimum absolute atomic E-state index is 0.0356. The highest BCUT2D eigenvalue weighted by atomic mass is 32.2. The van der Waals surface area contributed by atoms with Crippen molar-refractivity contribution in [3.63, 3.8) is 0 Å². The lowest BCUT2D eigenvalue weighted by molar-refractivity contribution is 0.0919. The van der Waals surface area contributed by atoms with Gasteiger partial charge in [0.1, 0.15) is 9.88 Å². The van der Waals surface area contributed by atoms with E-state index >= 15 is 0 Å². The molecule has 0 unspecified atom stereocenters. The summed E-state index contributed by atoms with van der Waals surface area (Å²) in [6.45, 7) is 3.53. The molecule has 0 bridgehead atoms. The standard InChI is InChI=1S/C18H22N2O5S2/c1-11-15(16(21)20-18(2)7-8-27(22,23)10-18)26-17(19-11)12-5-6-13(24-3)14(9-12)25-4/h5-6,9H,7-8,10H2,1-4H3,(H,20,21)/t18-/m0/s1. The minimum Gasteiger partial charge on any atom is -0.493 e. The number of hydrogen-bond donors (Lipinski definition) is 1. The molecule has 1 aliphatic rings. The number of ether oxygens (including phenoxy) is 2. The maximum atomic E-state index is 12.7. The number of aryl methyl sites for hydroxylation is 1. The van der Waals surface area contributed by atoms with Crippen LogP contribution in [0, 0.1) is 6.92 Å². The normalized spacial score (nSPS) is 21.0. The number of methoxy groups -OCH3 is 2. The summed E-state index contributed by atoms with van der Waals surface area (Å²) in [5, 5.41) is 3.56. The molecule has 0 spiro atoms. The first-order chi connectivity index (χ1) is 12.7. The summed E-state index contributed by atoms with van der Waals surface area (Å²) in [6, 6.07) is 5.45. The second-order valence-corrected chi connectivity index (χ2v) is 10.0. The zero-order chi connectivity index (χ0) is 19.8. The van der Waals surface area contributed by atoms with Crippen LogP contribution < -0.4 is 14.8 Å². The fraction of sp³-hybridized carbons (Fsp3) is 0.444. The fourth-order valence-corrected chi connectivity index (χ4v) is 6.19. The molecule has 2 aromatic rings. The number of nitrogens with one attached hydrogen (secondary N) is 1. The Labute approximate surface area is 162 Å². The monoisotopic (exact) mass is 410 g/mol. The molecule has 1 aliphatic heterocycles. The van der Waals surface area contributed by atoms with Crippen LogP contribution in [-0.4, -0.2) is 50.6 Å². The number of carbonyl (C=O) groups excluding carboxylic acids is 1. The third-order valence-electron chi connectivity index (χ3n) is 4.55. The highest BCUT2D eigenvalue weighted by Crippen LogP contribution is 2.35. The zero-order valence-electron chi connectivity index (χ0n) is 15.7. The van der Waals surface area contributed by atoms with E-state index in [1.165, 1.54) is 11.3 Å². The SMILES string of the molecule is COc1ccc(-c2nc(C)c(C(=O)N[C@@]3(C)CCS(=O)(=O)C3)s2)cc1OC. The first-order valence-electron chi connectivity index (χ1n) is 8.39. The van der Waals surface area contributed by atoms with E-state index in [0.29, 0.717) is 33.5 Å². The highest BCUT2D eigenvalue weighted by molar-refractivity contribution is 7.91. The van der Waals surface area contributed by atoms with Crippen LogP contribution in [-0.2, 0) is 9.84 Å². The number of rotatable bonds is 5. The molecule has 146 valence electrons. The molecular formula is C18H22N2O5S2. The van der Waals surface area contributed by atoms with Crippen LogP contribution in [0.15, 0.2) is 18.2 Å². The Balaban J connectivity index is 1.85. The van der Waals surface area contributed by atoms with Crippen LogP contribution in [0.1, 0.15) is 28.7 Å². The van der Waals surface area contributed by atoms with Crippen molar-refractivity contribution in [1.82, 2.24) is 10.3 Å². The summed E-state index contributed by atoms with van der Waals surface area (Å²) < 4.78 is 34.1. The Morgan fingerprint density at radius 2 is 1.96 bits per heavy atom. The van der Waals surface area contributed by atoms with Crippen LogP contribution >= 0.6 is 11.3 Å². The number of benzene rings is 1. The quantitative estimate of drug-likeness (QED) is 0.814. The molecule has 0 saturated carbocycles. The molecule has 3 rings (SSSR count). The molecule has 1 saturated heterocycles. The van der Waals surface area contributed by atoms with Gasteiger partial charge in [-0.2, -0.15) is 0 Å². The van der Waals surface area contributed by atoms with Gasteiger partial charge in [0.05, 0.1) is 37.0 Å². The van der Waals surface area contributed by atoms with E-state index in [1.807, 2.05) is 12.1 Å². The molecule has 9 heteroatoms. The van der Waals surface area contributed by atoms with Crippen LogP contribution in [0.3, 0.4) is 0 Å². The number of sulfone groups is 1. The Bertz CT molecular complexity index is 984. The molecule has 2 heterocycles. The van der Waals surface area contributed by atoms with E-state index in [-0.39, 0.29) is 17.4 Å². The van der Waals surface area contributed by atoms with E-state index < -0.39 is 15.4 Å². The van der Waals surface area contributed by atoms with Crippen LogP contribution in [0.25, 0.3) is 10.6 Å². The highest BCUT2D eigenvalue weighted by Gasteiger charge is 2.40. The van der Waals surface area contributed by atoms with E-state index in [0.717, 1.165) is 5.56 Å². The van der Waals surface area contributed by atoms with Gasteiger partial charge in [0, 0.05) is 5.56 Å². The largest absolute Gasteiger partial charge is 0.493 e. The summed E-state index contributed by atoms with van der Waals surface area (Å²) in [4.78, 5) is 17.7. The van der Waals surface area contributed by atoms with E-state index in [1.54, 1.807) is 34.1 Å². The van der Waals surface area contributed by atoms with Crippen molar-refractivity contribution in [3.05, 3.63) is 28.8 Å². The van der Waals surface area contributed by atoms with Crippen molar-refractivity contribution >= 4 is 27.1 Å². The van der Waals surface area contributed by atoms with Crippen LogP contribution in [0.2, 0.25) is 0 Å². The fourth-order valence-electron chi connectivity index (χ4n) is 3.14. The van der Waals surface area contributed by atoms with Gasteiger partial charge >= 0.3 is 0 Å². The van der Waals surface area contributed by atoms with Gasteiger partial charge in [-0.1, -0.05) is 0 Å². The summed E-state index contributed by atoms with van der Waals surface area (Å²) in [7, 11) is 0.0296. The lowest BCUT2D eigenvalue weighted by Crippen LogP contribution is -2.46. The van der Waals surface area contributed by atoms with E-state index in [2.05, 4.69) is 10.3 Å². The van der Waals surface area contributed by atoms with Gasteiger partial charge in [0.2, 0.25) is 0 Å². The predicted molar refractivity (Wildman–Crippen MR) is 105 cm³/mol. The lowest BCUT2D eigenvalue weighted by Gasteiger charge is -2.23. The van der Waals surface area contributed by atoms with E-state index in [9.17, 15) is 13.2 Å². The van der Waals surface area contributed by atoms with Gasteiger partial charge < -0.3 is 14.8 Å². The van der Waals surface area contributed by atoms with Crippen LogP contribution in [0.4, 0.5) is 0 Å². The van der Waals surface area contributed by atoms with Gasteiger partial charge in [-0.25, -0.2) is 13.4 Å². The molecular weight excluding hydrogens is 388 g/mol. The Kier molecular flexibility index (Phi) is 5.18. The van der Waals surface area contributed by atoms with Gasteiger partial charge in [-0.15, -0.1) is 11.3 Å². The number of carbonyl (C=O) groups is 1. The third kappa shape index (κ3) is 4.08. The molecule has 7 nitrogen and oxygen atoms in total. The van der Waals surface area contributed by atoms with Crippen molar-refractivity contribution in [1.29, 1.82) is 0 Å². The van der Waals surface area contributed by atoms with Gasteiger partial charge in [-0.3, -0.25) is 4.79 Å². The van der Waals surface area contributed by atoms with Crippen molar-refractivity contribution in [3.8, 4) is 22.1 Å². The second-order valence-electron chi connectivity index (χ2n) is 6.86. The number of hydrogen-bond acceptors (Lipinski definition) is 7. The molecule has 1 N–H and O–H groups in total. The number of nitrogens with zero attached hydrogens (tertiary/aromatic N) is 1. The van der Waals surface area contributed by atoms with Crippen molar-refractivity contribution in [2.75, 3.05) is 25.7 Å². The Morgan fingerprint density at radius 3 is 2.56 bits per heavy atom. The van der Waals surface area contributed by atoms with Crippen molar-refractivity contribution in [2.45, 2.75) is 25.8 Å². The molecule has 0 aliphatic carbocycles. The number of thiazole rings is 1. The topological polar surface area (TPSA) is 94.6 Å². The molecule has 1 aromatic heterocycles. The maximum Gasteiger partial charge on any atom is 0.263 e. The predicted octanol–water partition coefficient (Wildman–Crippen LogP) is 2.44. The summed E-state index contributed by atoms with van der Waals surface area (Å²) in [5.41, 5.74) is 0.678. The lowest BCUT2D eigenvalue weighted by atomic mass is 10.0. The average Bonchev–Trinajstić information content (AvgIpc) is 3.13. The van der Waals surface area contributed by atoms with Crippen molar-refractivity contribution in [2.24, 2.45) is 0 Å². The Hall–Kier alpha value is -2.13. The molecule has 1 aromatic carbocycles. The second kappa shape index (κ2) is 7.12. The molecule has 1 fully saturated rings. The van der Waals surface area contributed by atoms with E-state index in [4.69, 9.17) is 9.47 Å². The first-order valence-corrected chi connectivity index (χ1v) is 11.0. The Morgan fingerprint density at radius 1 is 1.26 bits per heavy atom. The van der Waals surface area contributed by atoms with Gasteiger partial charge in [0.25, 0.3) is 5.91 Å². The smallest absolute Gasteiger partial charge is 0.263 e. The minimum atomic E-state index is -3.10. The summed E-state index contributed by atoms with van der Waals surface area (Å²) in [6.07, 6.45) is 0.418. The zero-order valence-corrected chi connectivity index (χ0v) is 17.3. The van der Waals surface area contributed by atoms with Gasteiger partial charge in [0.15, 0.2) is 21.3 Å². The molecule has 27 heavy (non-hydrogen) atoms. The average molecular weight is 411 g/mol. The van der Waals surface area contributed by atoms with Crippen LogP contribution in [0.5, 0.6) is 11.5 Å². The van der Waals surface area contributed by atoms with Crippen molar-refractivity contribution < 1.29 is 22.7 Å².